The zero-order valence-corrected chi connectivity index (χ0v) is 14.1. The van der Waals surface area contributed by atoms with Crippen LogP contribution in [0, 0.1) is 17.0 Å². The van der Waals surface area contributed by atoms with E-state index in [1.165, 1.54) is 6.07 Å². The average Bonchev–Trinajstić information content (AvgIpc) is 2.56. The number of para-hydroxylation sites is 3. The Balaban J connectivity index is 1.80. The first kappa shape index (κ1) is 16.8. The van der Waals surface area contributed by atoms with E-state index in [0.29, 0.717) is 12.1 Å². The van der Waals surface area contributed by atoms with Crippen LogP contribution >= 0.6 is 0 Å². The molecule has 0 spiro atoms. The first-order valence-corrected chi connectivity index (χ1v) is 8.00. The number of benzene rings is 2. The van der Waals surface area contributed by atoms with Crippen LogP contribution in [0.2, 0.25) is 0 Å². The van der Waals surface area contributed by atoms with Crippen molar-refractivity contribution in [3.8, 4) is 5.75 Å². The second kappa shape index (κ2) is 6.80. The van der Waals surface area contributed by atoms with E-state index in [1.807, 2.05) is 36.1 Å². The number of carbonyl (C=O) groups excluding carboxylic acids is 1. The number of anilines is 2. The largest absolute Gasteiger partial charge is 0.487 e. The third-order valence-corrected chi connectivity index (χ3v) is 4.06. The number of fused-ring (bicyclic) bond motifs is 1. The lowest BCUT2D eigenvalue weighted by Crippen LogP contribution is -2.42. The Labute approximate surface area is 145 Å². The second-order valence-corrected chi connectivity index (χ2v) is 6.05. The molecular weight excluding hydrogens is 322 g/mol. The van der Waals surface area contributed by atoms with E-state index in [-0.39, 0.29) is 29.9 Å². The summed E-state index contributed by atoms with van der Waals surface area (Å²) in [6.45, 7) is 4.33. The van der Waals surface area contributed by atoms with Crippen LogP contribution < -0.4 is 15.0 Å². The van der Waals surface area contributed by atoms with Gasteiger partial charge >= 0.3 is 0 Å². The van der Waals surface area contributed by atoms with Gasteiger partial charge in [-0.3, -0.25) is 14.9 Å². The normalized spacial score (nSPS) is 15.9. The molecule has 25 heavy (non-hydrogen) atoms. The van der Waals surface area contributed by atoms with E-state index in [1.54, 1.807) is 19.1 Å². The molecule has 0 saturated carbocycles. The summed E-state index contributed by atoms with van der Waals surface area (Å²) in [4.78, 5) is 25.1. The number of ether oxygens (including phenoxy) is 1. The lowest BCUT2D eigenvalue weighted by Gasteiger charge is -2.34. The first-order valence-electron chi connectivity index (χ1n) is 8.00. The highest BCUT2D eigenvalue weighted by molar-refractivity contribution is 5.97. The molecule has 2 aromatic rings. The first-order chi connectivity index (χ1) is 12.0. The number of aryl methyl sites for hydroxylation is 1. The number of nitrogens with zero attached hydrogens (tertiary/aromatic N) is 2. The number of rotatable bonds is 4. The summed E-state index contributed by atoms with van der Waals surface area (Å²) < 4.78 is 5.77. The van der Waals surface area contributed by atoms with Gasteiger partial charge in [-0.25, -0.2) is 0 Å². The van der Waals surface area contributed by atoms with Gasteiger partial charge in [0.15, 0.2) is 0 Å². The molecule has 2 aromatic carbocycles. The number of nitrogens with one attached hydrogen (secondary N) is 1. The number of hydrogen-bond acceptors (Lipinski definition) is 5. The molecule has 1 atom stereocenters. The van der Waals surface area contributed by atoms with Crippen LogP contribution in [0.5, 0.6) is 5.75 Å². The summed E-state index contributed by atoms with van der Waals surface area (Å²) in [6.07, 6.45) is -0.0458. The van der Waals surface area contributed by atoms with E-state index < -0.39 is 4.92 Å². The molecule has 1 N–H and O–H groups in total. The standard InChI is InChI=1S/C18H19N3O4/c1-12-6-5-8-15(21(23)24)18(12)19-17(22)11-20-10-13(2)25-16-9-4-3-7-14(16)20/h3-9,13H,10-11H2,1-2H3,(H,19,22)/t13-/m1/s1. The summed E-state index contributed by atoms with van der Waals surface area (Å²) in [5.74, 6) is 0.428. The van der Waals surface area contributed by atoms with Crippen LogP contribution in [0.15, 0.2) is 42.5 Å². The number of nitro benzene ring substituents is 1. The summed E-state index contributed by atoms with van der Waals surface area (Å²) in [7, 11) is 0. The molecule has 1 heterocycles. The molecule has 0 saturated heterocycles. The molecule has 3 rings (SSSR count). The Kier molecular flexibility index (Phi) is 4.56. The van der Waals surface area contributed by atoms with Gasteiger partial charge < -0.3 is 15.0 Å². The molecule has 130 valence electrons. The zero-order chi connectivity index (χ0) is 18.0. The number of amides is 1. The molecule has 7 nitrogen and oxygen atoms in total. The van der Waals surface area contributed by atoms with Crippen molar-refractivity contribution < 1.29 is 14.5 Å². The molecular formula is C18H19N3O4. The third kappa shape index (κ3) is 3.55. The van der Waals surface area contributed by atoms with Crippen LogP contribution in [-0.2, 0) is 4.79 Å². The highest BCUT2D eigenvalue weighted by Gasteiger charge is 2.25. The smallest absolute Gasteiger partial charge is 0.293 e. The van der Waals surface area contributed by atoms with Crippen molar-refractivity contribution in [2.24, 2.45) is 0 Å². The molecule has 0 fully saturated rings. The van der Waals surface area contributed by atoms with Crippen LogP contribution in [0.3, 0.4) is 0 Å². The Morgan fingerprint density at radius 2 is 2.08 bits per heavy atom. The fourth-order valence-electron chi connectivity index (χ4n) is 2.95. The molecule has 0 radical (unpaired) electrons. The molecule has 1 aliphatic rings. The Bertz CT molecular complexity index is 822. The van der Waals surface area contributed by atoms with Crippen molar-refractivity contribution in [2.45, 2.75) is 20.0 Å². The zero-order valence-electron chi connectivity index (χ0n) is 14.1. The molecule has 7 heteroatoms. The van der Waals surface area contributed by atoms with Crippen molar-refractivity contribution in [3.63, 3.8) is 0 Å². The average molecular weight is 341 g/mol. The molecule has 1 amide bonds. The predicted molar refractivity (Wildman–Crippen MR) is 95.2 cm³/mol. The fraction of sp³-hybridized carbons (Fsp3) is 0.278. The predicted octanol–water partition coefficient (Wildman–Crippen LogP) is 3.13. The summed E-state index contributed by atoms with van der Waals surface area (Å²) in [5, 5.41) is 13.9. The maximum Gasteiger partial charge on any atom is 0.293 e. The van der Waals surface area contributed by atoms with Crippen molar-refractivity contribution >= 4 is 23.0 Å². The minimum atomic E-state index is -0.491. The van der Waals surface area contributed by atoms with Gasteiger partial charge in [0.05, 0.1) is 23.7 Å². The highest BCUT2D eigenvalue weighted by Crippen LogP contribution is 2.33. The Hall–Kier alpha value is -3.09. The van der Waals surface area contributed by atoms with E-state index in [9.17, 15) is 14.9 Å². The quantitative estimate of drug-likeness (QED) is 0.682. The van der Waals surface area contributed by atoms with Crippen LogP contribution in [0.1, 0.15) is 12.5 Å². The molecule has 0 bridgehead atoms. The monoisotopic (exact) mass is 341 g/mol. The Morgan fingerprint density at radius 1 is 1.32 bits per heavy atom. The Morgan fingerprint density at radius 3 is 2.84 bits per heavy atom. The second-order valence-electron chi connectivity index (χ2n) is 6.05. The van der Waals surface area contributed by atoms with Gasteiger partial charge in [0.25, 0.3) is 5.69 Å². The van der Waals surface area contributed by atoms with Gasteiger partial charge in [-0.05, 0) is 31.5 Å². The van der Waals surface area contributed by atoms with Crippen molar-refractivity contribution in [1.82, 2.24) is 0 Å². The van der Waals surface area contributed by atoms with E-state index in [2.05, 4.69) is 5.32 Å². The number of nitro groups is 1. The summed E-state index contributed by atoms with van der Waals surface area (Å²) in [5.41, 5.74) is 1.63. The molecule has 0 aromatic heterocycles. The number of hydrogen-bond donors (Lipinski definition) is 1. The third-order valence-electron chi connectivity index (χ3n) is 4.06. The van der Waals surface area contributed by atoms with Crippen molar-refractivity contribution in [1.29, 1.82) is 0 Å². The van der Waals surface area contributed by atoms with E-state index in [4.69, 9.17) is 4.74 Å². The molecule has 0 unspecified atom stereocenters. The SMILES string of the molecule is Cc1cccc([N+](=O)[O-])c1NC(=O)CN1C[C@@H](C)Oc2ccccc21. The van der Waals surface area contributed by atoms with E-state index in [0.717, 1.165) is 11.4 Å². The van der Waals surface area contributed by atoms with Crippen molar-refractivity contribution in [3.05, 3.63) is 58.1 Å². The summed E-state index contributed by atoms with van der Waals surface area (Å²) >= 11 is 0. The van der Waals surface area contributed by atoms with Gasteiger partial charge in [0, 0.05) is 6.07 Å². The van der Waals surface area contributed by atoms with E-state index >= 15 is 0 Å². The van der Waals surface area contributed by atoms with Gasteiger partial charge in [-0.2, -0.15) is 0 Å². The lowest BCUT2D eigenvalue weighted by molar-refractivity contribution is -0.384. The van der Waals surface area contributed by atoms with Gasteiger partial charge in [-0.1, -0.05) is 24.3 Å². The topological polar surface area (TPSA) is 84.7 Å². The number of carbonyl (C=O) groups is 1. The van der Waals surface area contributed by atoms with Gasteiger partial charge in [0.1, 0.15) is 17.5 Å². The molecule has 0 aliphatic carbocycles. The molecule has 1 aliphatic heterocycles. The summed E-state index contributed by atoms with van der Waals surface area (Å²) in [6, 6.07) is 12.2. The maximum absolute atomic E-state index is 12.5. The van der Waals surface area contributed by atoms with Gasteiger partial charge in [-0.15, -0.1) is 0 Å². The minimum absolute atomic E-state index is 0.0458. The van der Waals surface area contributed by atoms with Crippen LogP contribution in [0.25, 0.3) is 0 Å². The maximum atomic E-state index is 12.5. The highest BCUT2D eigenvalue weighted by atomic mass is 16.6. The minimum Gasteiger partial charge on any atom is -0.487 e. The van der Waals surface area contributed by atoms with Crippen molar-refractivity contribution in [2.75, 3.05) is 23.3 Å². The van der Waals surface area contributed by atoms with Crippen LogP contribution in [-0.4, -0.2) is 30.0 Å². The van der Waals surface area contributed by atoms with Gasteiger partial charge in [0.2, 0.25) is 5.91 Å². The fourth-order valence-corrected chi connectivity index (χ4v) is 2.95. The lowest BCUT2D eigenvalue weighted by atomic mass is 10.1. The van der Waals surface area contributed by atoms with Crippen LogP contribution in [0.4, 0.5) is 17.1 Å².